The minimum absolute atomic E-state index is 0.00472. The monoisotopic (exact) mass is 492 g/mol. The molecule has 0 saturated carbocycles. The molecule has 2 heterocycles. The Hall–Kier alpha value is -3.20. The number of hydrogen-bond acceptors (Lipinski definition) is 5. The van der Waals surface area contributed by atoms with Crippen molar-refractivity contribution in [3.05, 3.63) is 131 Å². The average Bonchev–Trinajstić information content (AvgIpc) is 3.43. The van der Waals surface area contributed by atoms with Gasteiger partial charge in [-0.05, 0) is 49.1 Å². The summed E-state index contributed by atoms with van der Waals surface area (Å²) in [6, 6.07) is 31.9. The third-order valence-electron chi connectivity index (χ3n) is 6.76. The summed E-state index contributed by atoms with van der Waals surface area (Å²) >= 11 is 3.41. The van der Waals surface area contributed by atoms with Crippen LogP contribution >= 0.6 is 23.5 Å². The van der Waals surface area contributed by atoms with Crippen molar-refractivity contribution in [2.24, 2.45) is 5.10 Å². The van der Waals surface area contributed by atoms with Gasteiger partial charge in [0.2, 0.25) is 0 Å². The van der Waals surface area contributed by atoms with Gasteiger partial charge in [0.25, 0.3) is 0 Å². The van der Waals surface area contributed by atoms with Crippen molar-refractivity contribution in [3.8, 4) is 0 Å². The maximum absolute atomic E-state index is 12.6. The third kappa shape index (κ3) is 3.39. The van der Waals surface area contributed by atoms with Gasteiger partial charge in [0, 0.05) is 23.7 Å². The van der Waals surface area contributed by atoms with Crippen LogP contribution in [0.15, 0.2) is 101 Å². The van der Waals surface area contributed by atoms with Gasteiger partial charge < -0.3 is 0 Å². The Bertz CT molecular complexity index is 1350. The Labute approximate surface area is 215 Å². The van der Waals surface area contributed by atoms with E-state index in [1.807, 2.05) is 23.9 Å². The Morgan fingerprint density at radius 1 is 0.971 bits per heavy atom. The molecule has 0 radical (unpaired) electrons. The van der Waals surface area contributed by atoms with Gasteiger partial charge in [-0.3, -0.25) is 4.79 Å². The number of Topliss-reactive ketones (excluding diaryl/α,β-unsaturated/α-hetero) is 1. The second-order valence-corrected chi connectivity index (χ2v) is 11.9. The summed E-state index contributed by atoms with van der Waals surface area (Å²) in [7, 11) is 0. The fourth-order valence-electron chi connectivity index (χ4n) is 5.07. The maximum atomic E-state index is 12.6. The predicted octanol–water partition coefficient (Wildman–Crippen LogP) is 7.01. The molecular weight excluding hydrogens is 468 g/mol. The maximum Gasteiger partial charge on any atom is 0.187 e. The highest BCUT2D eigenvalue weighted by atomic mass is 32.2. The van der Waals surface area contributed by atoms with E-state index in [0.29, 0.717) is 5.04 Å². The summed E-state index contributed by atoms with van der Waals surface area (Å²) in [6.45, 7) is 3.77. The van der Waals surface area contributed by atoms with Crippen molar-refractivity contribution >= 4 is 34.4 Å². The number of carbonyl (C=O) groups excluding carboxylic acids is 1. The molecule has 1 spiro atoms. The van der Waals surface area contributed by atoms with E-state index in [0.717, 1.165) is 24.1 Å². The lowest BCUT2D eigenvalue weighted by Crippen LogP contribution is -2.33. The Kier molecular flexibility index (Phi) is 5.40. The normalized spacial score (nSPS) is 22.2. The van der Waals surface area contributed by atoms with Gasteiger partial charge in [0.1, 0.15) is 4.75 Å². The van der Waals surface area contributed by atoms with Gasteiger partial charge in [0.15, 0.2) is 15.0 Å². The fourth-order valence-corrected chi connectivity index (χ4v) is 8.63. The highest BCUT2D eigenvalue weighted by Gasteiger charge is 2.61. The molecular formula is C30H24N2OS2. The second kappa shape index (κ2) is 8.48. The molecule has 0 bridgehead atoms. The summed E-state index contributed by atoms with van der Waals surface area (Å²) in [5.74, 6) is -0.00472. The van der Waals surface area contributed by atoms with E-state index in [9.17, 15) is 4.79 Å². The lowest BCUT2D eigenvalue weighted by Gasteiger charge is -2.38. The molecule has 0 N–H and O–H groups in total. The van der Waals surface area contributed by atoms with Crippen molar-refractivity contribution in [2.75, 3.05) is 0 Å². The van der Waals surface area contributed by atoms with E-state index in [4.69, 9.17) is 5.10 Å². The Morgan fingerprint density at radius 2 is 1.74 bits per heavy atom. The molecule has 2 atom stereocenters. The molecule has 0 aromatic heterocycles. The highest BCUT2D eigenvalue weighted by Crippen LogP contribution is 2.71. The number of hydrogen-bond donors (Lipinski definition) is 0. The van der Waals surface area contributed by atoms with Gasteiger partial charge >= 0.3 is 0 Å². The fraction of sp³-hybridized carbons (Fsp3) is 0.200. The molecule has 2 aliphatic heterocycles. The molecule has 35 heavy (non-hydrogen) atoms. The molecule has 1 aliphatic carbocycles. The lowest BCUT2D eigenvalue weighted by molar-refractivity contribution is -0.110. The Balaban J connectivity index is 1.63. The molecule has 0 saturated heterocycles. The zero-order valence-corrected chi connectivity index (χ0v) is 21.2. The standard InChI is InChI=1S/C30H24N2OS2/c1-21-17-19-25(20-18-21)32-30(34-28(31-32)22(2)33)27-16-10-9-15-26(27)29(35-30,23-11-5-3-6-12-23)24-13-7-4-8-14-24/h3-7,9-13,15-17,19H,18,20H2,1-2H3/t29?,30-/m1/s1. The lowest BCUT2D eigenvalue weighted by atomic mass is 9.82. The van der Waals surface area contributed by atoms with Crippen molar-refractivity contribution < 1.29 is 4.79 Å². The van der Waals surface area contributed by atoms with Crippen LogP contribution in [0.25, 0.3) is 0 Å². The first kappa shape index (κ1) is 22.3. The van der Waals surface area contributed by atoms with Crippen molar-refractivity contribution in [3.63, 3.8) is 0 Å². The van der Waals surface area contributed by atoms with Crippen LogP contribution in [0.1, 0.15) is 48.9 Å². The highest BCUT2D eigenvalue weighted by molar-refractivity contribution is 8.27. The number of nitrogens with zero attached hydrogens (tertiary/aromatic N) is 2. The van der Waals surface area contributed by atoms with Crippen LogP contribution < -0.4 is 0 Å². The minimum atomic E-state index is -0.609. The smallest absolute Gasteiger partial charge is 0.187 e. The molecule has 3 aromatic rings. The molecule has 5 heteroatoms. The van der Waals surface area contributed by atoms with Crippen molar-refractivity contribution in [2.45, 2.75) is 35.6 Å². The van der Waals surface area contributed by atoms with Crippen molar-refractivity contribution in [1.82, 2.24) is 5.01 Å². The van der Waals surface area contributed by atoms with Crippen LogP contribution in [0.2, 0.25) is 0 Å². The van der Waals surface area contributed by atoms with E-state index in [1.54, 1.807) is 18.7 Å². The number of allylic oxidation sites excluding steroid dienone is 4. The van der Waals surface area contributed by atoms with E-state index in [-0.39, 0.29) is 5.78 Å². The van der Waals surface area contributed by atoms with Gasteiger partial charge in [-0.25, -0.2) is 5.01 Å². The minimum Gasteiger partial charge on any atom is -0.292 e. The van der Waals surface area contributed by atoms with E-state index in [2.05, 4.69) is 96.9 Å². The molecule has 6 rings (SSSR count). The summed E-state index contributed by atoms with van der Waals surface area (Å²) in [5, 5.41) is 7.62. The number of hydrazone groups is 1. The summed E-state index contributed by atoms with van der Waals surface area (Å²) in [6.07, 6.45) is 6.23. The number of ketones is 1. The van der Waals surface area contributed by atoms with E-state index >= 15 is 0 Å². The third-order valence-corrected chi connectivity index (χ3v) is 10.1. The molecule has 0 amide bonds. The first-order valence-corrected chi connectivity index (χ1v) is 13.4. The molecule has 1 unspecified atom stereocenters. The number of carbonyl (C=O) groups is 1. The quantitative estimate of drug-likeness (QED) is 0.392. The van der Waals surface area contributed by atoms with Crippen LogP contribution in [-0.2, 0) is 13.7 Å². The van der Waals surface area contributed by atoms with Gasteiger partial charge in [-0.2, -0.15) is 5.10 Å². The van der Waals surface area contributed by atoms with Crippen LogP contribution in [-0.4, -0.2) is 15.8 Å². The summed E-state index contributed by atoms with van der Waals surface area (Å²) in [4.78, 5) is 12.6. The van der Waals surface area contributed by atoms with Crippen LogP contribution in [0.4, 0.5) is 0 Å². The molecule has 3 aromatic carbocycles. The van der Waals surface area contributed by atoms with E-state index in [1.165, 1.54) is 22.3 Å². The first-order valence-electron chi connectivity index (χ1n) is 11.7. The van der Waals surface area contributed by atoms with Gasteiger partial charge in [0.05, 0.1) is 0 Å². The molecule has 3 aliphatic rings. The zero-order valence-electron chi connectivity index (χ0n) is 19.6. The Morgan fingerprint density at radius 3 is 2.43 bits per heavy atom. The second-order valence-electron chi connectivity index (χ2n) is 9.03. The number of rotatable bonds is 4. The van der Waals surface area contributed by atoms with Crippen LogP contribution in [0.5, 0.6) is 0 Å². The largest absolute Gasteiger partial charge is 0.292 e. The predicted molar refractivity (Wildman–Crippen MR) is 145 cm³/mol. The first-order chi connectivity index (χ1) is 17.0. The number of thioether (sulfide) groups is 2. The summed E-state index contributed by atoms with van der Waals surface area (Å²) in [5.41, 5.74) is 7.09. The van der Waals surface area contributed by atoms with Gasteiger partial charge in [-0.15, -0.1) is 0 Å². The summed E-state index contributed by atoms with van der Waals surface area (Å²) < 4.78 is -1.13. The topological polar surface area (TPSA) is 32.7 Å². The molecule has 3 nitrogen and oxygen atoms in total. The average molecular weight is 493 g/mol. The van der Waals surface area contributed by atoms with Crippen LogP contribution in [0.3, 0.4) is 0 Å². The molecule has 0 fully saturated rings. The molecule has 172 valence electrons. The van der Waals surface area contributed by atoms with E-state index < -0.39 is 8.95 Å². The van der Waals surface area contributed by atoms with Crippen molar-refractivity contribution in [1.29, 1.82) is 0 Å². The van der Waals surface area contributed by atoms with Crippen LogP contribution in [0, 0.1) is 12.1 Å². The SMILES string of the molecule is CC(=O)C1=NN(C2=CC=C(C)CC2)[C@]2(S1)SC(c1c#cccc1)(c1ccccc1)c1ccccc12. The zero-order chi connectivity index (χ0) is 24.0. The number of fused-ring (bicyclic) bond motifs is 2. The van der Waals surface area contributed by atoms with Gasteiger partial charge in [-0.1, -0.05) is 108 Å². The number of benzene rings is 2.